The summed E-state index contributed by atoms with van der Waals surface area (Å²) in [5.74, 6) is -1.31. The van der Waals surface area contributed by atoms with E-state index in [2.05, 4.69) is 4.74 Å². The van der Waals surface area contributed by atoms with Crippen LogP contribution in [0.25, 0.3) is 11.1 Å². The number of hydrogen-bond acceptors (Lipinski definition) is 2. The van der Waals surface area contributed by atoms with Crippen LogP contribution in [-0.4, -0.2) is 11.5 Å². The molecule has 0 saturated carbocycles. The normalized spacial score (nSPS) is 11.4. The van der Waals surface area contributed by atoms with Gasteiger partial charge in [0, 0.05) is 15.6 Å². The van der Waals surface area contributed by atoms with E-state index in [0.717, 1.165) is 12.1 Å². The second kappa shape index (κ2) is 5.42. The second-order valence-corrected chi connectivity index (χ2v) is 4.70. The van der Waals surface area contributed by atoms with E-state index in [-0.39, 0.29) is 0 Å². The molecule has 0 aromatic heterocycles. The summed E-state index contributed by atoms with van der Waals surface area (Å²) in [4.78, 5) is 0. The molecule has 2 rings (SSSR count). The highest BCUT2D eigenvalue weighted by molar-refractivity contribution is 6.36. The average Bonchev–Trinajstić information content (AvgIpc) is 2.30. The van der Waals surface area contributed by atoms with Crippen molar-refractivity contribution in [3.8, 4) is 22.6 Å². The van der Waals surface area contributed by atoms with E-state index in [1.165, 1.54) is 12.1 Å². The molecule has 2 aromatic carbocycles. The highest BCUT2D eigenvalue weighted by Gasteiger charge is 2.32. The van der Waals surface area contributed by atoms with Gasteiger partial charge in [-0.1, -0.05) is 35.3 Å². The molecule has 0 aliphatic heterocycles. The van der Waals surface area contributed by atoms with Crippen LogP contribution in [-0.2, 0) is 0 Å². The van der Waals surface area contributed by atoms with Gasteiger partial charge in [-0.3, -0.25) is 0 Å². The second-order valence-electron chi connectivity index (χ2n) is 3.85. The molecule has 7 heteroatoms. The molecule has 0 unspecified atom stereocenters. The number of benzene rings is 2. The first-order chi connectivity index (χ1) is 9.26. The van der Waals surface area contributed by atoms with Gasteiger partial charge in [-0.15, -0.1) is 13.2 Å². The number of ether oxygens (including phenoxy) is 1. The molecular weight excluding hydrogens is 316 g/mol. The summed E-state index contributed by atoms with van der Waals surface area (Å²) in [6, 6.07) is 8.19. The Balaban J connectivity index is 2.38. The van der Waals surface area contributed by atoms with Crippen LogP contribution in [0, 0.1) is 0 Å². The van der Waals surface area contributed by atoms with Gasteiger partial charge in [0.05, 0.1) is 0 Å². The molecule has 0 saturated heterocycles. The predicted molar refractivity (Wildman–Crippen MR) is 70.2 cm³/mol. The van der Waals surface area contributed by atoms with Crippen molar-refractivity contribution in [1.82, 2.24) is 0 Å². The molecule has 1 N–H and O–H groups in total. The van der Waals surface area contributed by atoms with Crippen LogP contribution < -0.4 is 4.74 Å². The van der Waals surface area contributed by atoms with E-state index >= 15 is 0 Å². The molecule has 2 aromatic rings. The van der Waals surface area contributed by atoms with Gasteiger partial charge < -0.3 is 9.84 Å². The number of alkyl halides is 3. The highest BCUT2D eigenvalue weighted by atomic mass is 35.5. The van der Waals surface area contributed by atoms with Crippen LogP contribution >= 0.6 is 23.2 Å². The van der Waals surface area contributed by atoms with Crippen LogP contribution in [0.4, 0.5) is 13.2 Å². The van der Waals surface area contributed by atoms with Crippen LogP contribution in [0.2, 0.25) is 10.0 Å². The van der Waals surface area contributed by atoms with Gasteiger partial charge in [0.2, 0.25) is 0 Å². The van der Waals surface area contributed by atoms with E-state index < -0.39 is 17.9 Å². The maximum absolute atomic E-state index is 12.1. The first kappa shape index (κ1) is 14.8. The maximum Gasteiger partial charge on any atom is 0.573 e. The van der Waals surface area contributed by atoms with Crippen molar-refractivity contribution in [3.05, 3.63) is 46.4 Å². The predicted octanol–water partition coefficient (Wildman–Crippen LogP) is 5.26. The van der Waals surface area contributed by atoms with Gasteiger partial charge in [0.15, 0.2) is 11.5 Å². The molecular formula is C13H7Cl2F3O2. The molecule has 0 radical (unpaired) electrons. The Hall–Kier alpha value is -1.59. The number of phenols is 1. The van der Waals surface area contributed by atoms with Crippen molar-refractivity contribution < 1.29 is 23.0 Å². The van der Waals surface area contributed by atoms with Gasteiger partial charge in [-0.2, -0.15) is 0 Å². The molecule has 0 spiro atoms. The quantitative estimate of drug-likeness (QED) is 0.816. The Bertz CT molecular complexity index is 642. The minimum Gasteiger partial charge on any atom is -0.504 e. The molecule has 0 aliphatic carbocycles. The number of rotatable bonds is 2. The molecule has 20 heavy (non-hydrogen) atoms. The SMILES string of the molecule is Oc1cc(-c2ccc(Cl)cc2Cl)ccc1OC(F)(F)F. The van der Waals surface area contributed by atoms with Gasteiger partial charge in [-0.25, -0.2) is 0 Å². The van der Waals surface area contributed by atoms with Gasteiger partial charge in [0.25, 0.3) is 0 Å². The van der Waals surface area contributed by atoms with Crippen molar-refractivity contribution >= 4 is 23.2 Å². The zero-order chi connectivity index (χ0) is 14.9. The summed E-state index contributed by atoms with van der Waals surface area (Å²) in [6.07, 6.45) is -4.86. The number of phenolic OH excluding ortho intramolecular Hbond substituents is 1. The average molecular weight is 323 g/mol. The molecule has 0 atom stereocenters. The summed E-state index contributed by atoms with van der Waals surface area (Å²) in [7, 11) is 0. The molecule has 0 amide bonds. The highest BCUT2D eigenvalue weighted by Crippen LogP contribution is 2.37. The van der Waals surface area contributed by atoms with Crippen LogP contribution in [0.3, 0.4) is 0 Å². The molecule has 0 fully saturated rings. The summed E-state index contributed by atoms with van der Waals surface area (Å²) in [5, 5.41) is 10.3. The summed E-state index contributed by atoms with van der Waals surface area (Å²) in [5.41, 5.74) is 0.976. The number of halogens is 5. The topological polar surface area (TPSA) is 29.5 Å². The minimum atomic E-state index is -4.86. The molecule has 0 aliphatic rings. The number of hydrogen-bond donors (Lipinski definition) is 1. The van der Waals surface area contributed by atoms with Gasteiger partial charge in [-0.05, 0) is 29.8 Å². The Morgan fingerprint density at radius 2 is 1.70 bits per heavy atom. The van der Waals surface area contributed by atoms with Crippen molar-refractivity contribution in [3.63, 3.8) is 0 Å². The molecule has 0 bridgehead atoms. The lowest BCUT2D eigenvalue weighted by Crippen LogP contribution is -2.17. The fourth-order valence-electron chi connectivity index (χ4n) is 1.62. The standard InChI is InChI=1S/C13H7Cl2F3O2/c14-8-2-3-9(10(15)6-8)7-1-4-12(11(19)5-7)20-13(16,17)18/h1-6,19H. The lowest BCUT2D eigenvalue weighted by Gasteiger charge is -2.12. The lowest BCUT2D eigenvalue weighted by molar-refractivity contribution is -0.275. The van der Waals surface area contributed by atoms with E-state index in [9.17, 15) is 18.3 Å². The largest absolute Gasteiger partial charge is 0.573 e. The third-order valence-corrected chi connectivity index (χ3v) is 2.97. The van der Waals surface area contributed by atoms with Crippen molar-refractivity contribution in [2.24, 2.45) is 0 Å². The Morgan fingerprint density at radius 3 is 2.25 bits per heavy atom. The summed E-state index contributed by atoms with van der Waals surface area (Å²) < 4.78 is 39.9. The monoisotopic (exact) mass is 322 g/mol. The van der Waals surface area contributed by atoms with Crippen LogP contribution in [0.15, 0.2) is 36.4 Å². The zero-order valence-corrected chi connectivity index (χ0v) is 11.2. The zero-order valence-electron chi connectivity index (χ0n) is 9.71. The molecule has 0 heterocycles. The molecule has 106 valence electrons. The van der Waals surface area contributed by atoms with E-state index in [1.54, 1.807) is 12.1 Å². The Kier molecular flexibility index (Phi) is 4.01. The third-order valence-electron chi connectivity index (χ3n) is 2.43. The van der Waals surface area contributed by atoms with E-state index in [4.69, 9.17) is 23.2 Å². The van der Waals surface area contributed by atoms with Gasteiger partial charge >= 0.3 is 6.36 Å². The van der Waals surface area contributed by atoms with Crippen molar-refractivity contribution in [2.45, 2.75) is 6.36 Å². The first-order valence-electron chi connectivity index (χ1n) is 5.30. The lowest BCUT2D eigenvalue weighted by atomic mass is 10.1. The van der Waals surface area contributed by atoms with Gasteiger partial charge in [0.1, 0.15) is 0 Å². The van der Waals surface area contributed by atoms with Crippen molar-refractivity contribution in [2.75, 3.05) is 0 Å². The fraction of sp³-hybridized carbons (Fsp3) is 0.0769. The van der Waals surface area contributed by atoms with E-state index in [1.807, 2.05) is 0 Å². The minimum absolute atomic E-state index is 0.321. The third kappa shape index (κ3) is 3.49. The van der Waals surface area contributed by atoms with Crippen LogP contribution in [0.5, 0.6) is 11.5 Å². The van der Waals surface area contributed by atoms with Crippen molar-refractivity contribution in [1.29, 1.82) is 0 Å². The van der Waals surface area contributed by atoms with Crippen LogP contribution in [0.1, 0.15) is 0 Å². The maximum atomic E-state index is 12.1. The van der Waals surface area contributed by atoms with E-state index in [0.29, 0.717) is 21.2 Å². The fourth-order valence-corrected chi connectivity index (χ4v) is 2.14. The summed E-state index contributed by atoms with van der Waals surface area (Å²) >= 11 is 11.7. The molecule has 2 nitrogen and oxygen atoms in total. The smallest absolute Gasteiger partial charge is 0.504 e. The number of aromatic hydroxyl groups is 1. The Morgan fingerprint density at radius 1 is 1.00 bits per heavy atom. The Labute approximate surface area is 122 Å². The summed E-state index contributed by atoms with van der Waals surface area (Å²) in [6.45, 7) is 0. The first-order valence-corrected chi connectivity index (χ1v) is 6.06.